The van der Waals surface area contributed by atoms with Gasteiger partial charge >= 0.3 is 0 Å². The van der Waals surface area contributed by atoms with Gasteiger partial charge in [0.25, 0.3) is 0 Å². The van der Waals surface area contributed by atoms with Crippen molar-refractivity contribution in [2.75, 3.05) is 0 Å². The van der Waals surface area contributed by atoms with Crippen LogP contribution in [0.5, 0.6) is 0 Å². The Kier molecular flexibility index (Phi) is 2.08. The number of fused-ring (bicyclic) bond motifs is 1. The minimum Gasteiger partial charge on any atom is -0.350 e. The van der Waals surface area contributed by atoms with Crippen LogP contribution in [0.2, 0.25) is 0 Å². The Morgan fingerprint density at radius 1 is 1.36 bits per heavy atom. The fraction of sp³-hybridized carbons (Fsp3) is 0.333. The second kappa shape index (κ2) is 3.14. The zero-order valence-corrected chi connectivity index (χ0v) is 8.91. The van der Waals surface area contributed by atoms with E-state index in [9.17, 15) is 0 Å². The number of hydrogen-bond donors (Lipinski definition) is 1. The van der Waals surface area contributed by atoms with Crippen molar-refractivity contribution in [3.05, 3.63) is 35.5 Å². The first-order chi connectivity index (χ1) is 6.59. The molecule has 0 bridgehead atoms. The third kappa shape index (κ3) is 1.32. The van der Waals surface area contributed by atoms with Gasteiger partial charge < -0.3 is 10.3 Å². The summed E-state index contributed by atoms with van der Waals surface area (Å²) in [4.78, 5) is 0. The van der Waals surface area contributed by atoms with E-state index >= 15 is 0 Å². The van der Waals surface area contributed by atoms with Gasteiger partial charge in [0.1, 0.15) is 0 Å². The fourth-order valence-electron chi connectivity index (χ4n) is 1.90. The lowest BCUT2D eigenvalue weighted by atomic mass is 10.1. The molecule has 1 aromatic heterocycles. The van der Waals surface area contributed by atoms with E-state index in [4.69, 9.17) is 5.73 Å². The van der Waals surface area contributed by atoms with Gasteiger partial charge in [-0.05, 0) is 31.5 Å². The molecule has 2 rings (SSSR count). The normalized spacial score (nSPS) is 13.4. The summed E-state index contributed by atoms with van der Waals surface area (Å²) in [5.74, 6) is 0. The molecule has 2 heteroatoms. The summed E-state index contributed by atoms with van der Waals surface area (Å²) in [6.07, 6.45) is 2.12. The standard InChI is InChI=1S/C12H16N2/c1-8-4-5-12-10(6-8)11(9(2)13)7-14(12)3/h4-7,9H,13H2,1-3H3. The molecule has 2 nitrogen and oxygen atoms in total. The van der Waals surface area contributed by atoms with Crippen LogP contribution in [0, 0.1) is 6.92 Å². The van der Waals surface area contributed by atoms with Crippen LogP contribution in [-0.4, -0.2) is 4.57 Å². The minimum absolute atomic E-state index is 0.0977. The van der Waals surface area contributed by atoms with Crippen LogP contribution in [-0.2, 0) is 7.05 Å². The molecule has 0 amide bonds. The van der Waals surface area contributed by atoms with Crippen molar-refractivity contribution in [1.82, 2.24) is 4.57 Å². The third-order valence-corrected chi connectivity index (χ3v) is 2.67. The van der Waals surface area contributed by atoms with E-state index in [1.807, 2.05) is 6.92 Å². The van der Waals surface area contributed by atoms with Crippen LogP contribution in [0.15, 0.2) is 24.4 Å². The lowest BCUT2D eigenvalue weighted by Crippen LogP contribution is -2.03. The number of aryl methyl sites for hydroxylation is 2. The lowest BCUT2D eigenvalue weighted by molar-refractivity contribution is 0.815. The van der Waals surface area contributed by atoms with E-state index in [1.54, 1.807) is 0 Å². The predicted molar refractivity (Wildman–Crippen MR) is 60.3 cm³/mol. The Labute approximate surface area is 84.3 Å². The monoisotopic (exact) mass is 188 g/mol. The first-order valence-electron chi connectivity index (χ1n) is 4.91. The number of benzene rings is 1. The Balaban J connectivity index is 2.79. The second-order valence-electron chi connectivity index (χ2n) is 4.00. The molecular formula is C12H16N2. The van der Waals surface area contributed by atoms with Crippen molar-refractivity contribution in [1.29, 1.82) is 0 Å². The summed E-state index contributed by atoms with van der Waals surface area (Å²) in [5, 5.41) is 1.28. The molecule has 2 N–H and O–H groups in total. The van der Waals surface area contributed by atoms with Crippen molar-refractivity contribution < 1.29 is 0 Å². The number of hydrogen-bond acceptors (Lipinski definition) is 1. The van der Waals surface area contributed by atoms with Crippen LogP contribution in [0.25, 0.3) is 10.9 Å². The van der Waals surface area contributed by atoms with Gasteiger partial charge in [-0.25, -0.2) is 0 Å². The zero-order chi connectivity index (χ0) is 10.3. The van der Waals surface area contributed by atoms with E-state index < -0.39 is 0 Å². The Hall–Kier alpha value is -1.28. The van der Waals surface area contributed by atoms with E-state index in [1.165, 1.54) is 22.0 Å². The highest BCUT2D eigenvalue weighted by Crippen LogP contribution is 2.25. The van der Waals surface area contributed by atoms with Gasteiger partial charge in [-0.2, -0.15) is 0 Å². The van der Waals surface area contributed by atoms with Crippen molar-refractivity contribution in [3.63, 3.8) is 0 Å². The number of nitrogens with two attached hydrogens (primary N) is 1. The maximum atomic E-state index is 5.93. The maximum absolute atomic E-state index is 5.93. The average molecular weight is 188 g/mol. The summed E-state index contributed by atoms with van der Waals surface area (Å²) in [6.45, 7) is 4.13. The van der Waals surface area contributed by atoms with E-state index in [0.717, 1.165) is 0 Å². The van der Waals surface area contributed by atoms with Gasteiger partial charge in [0.05, 0.1) is 0 Å². The van der Waals surface area contributed by atoms with Gasteiger partial charge in [0, 0.05) is 30.2 Å². The molecule has 1 heterocycles. The molecule has 0 aliphatic rings. The molecule has 2 aromatic rings. The maximum Gasteiger partial charge on any atom is 0.0481 e. The fourth-order valence-corrected chi connectivity index (χ4v) is 1.90. The predicted octanol–water partition coefficient (Wildman–Crippen LogP) is 2.51. The highest BCUT2D eigenvalue weighted by Gasteiger charge is 2.09. The van der Waals surface area contributed by atoms with Crippen LogP contribution in [0.4, 0.5) is 0 Å². The Morgan fingerprint density at radius 3 is 2.71 bits per heavy atom. The SMILES string of the molecule is Cc1ccc2c(c1)c(C(C)N)cn2C. The van der Waals surface area contributed by atoms with Gasteiger partial charge in [-0.1, -0.05) is 11.6 Å². The van der Waals surface area contributed by atoms with E-state index in [2.05, 4.69) is 42.9 Å². The van der Waals surface area contributed by atoms with E-state index in [0.29, 0.717) is 0 Å². The van der Waals surface area contributed by atoms with E-state index in [-0.39, 0.29) is 6.04 Å². The van der Waals surface area contributed by atoms with Crippen molar-refractivity contribution >= 4 is 10.9 Å². The molecule has 0 aliphatic heterocycles. The highest BCUT2D eigenvalue weighted by molar-refractivity contribution is 5.85. The first-order valence-corrected chi connectivity index (χ1v) is 4.91. The van der Waals surface area contributed by atoms with Crippen LogP contribution in [0.3, 0.4) is 0 Å². The summed E-state index contributed by atoms with van der Waals surface area (Å²) in [5.41, 5.74) is 9.69. The Morgan fingerprint density at radius 2 is 2.07 bits per heavy atom. The minimum atomic E-state index is 0.0977. The first kappa shape index (κ1) is 9.28. The number of nitrogens with zero attached hydrogens (tertiary/aromatic N) is 1. The molecular weight excluding hydrogens is 172 g/mol. The lowest BCUT2D eigenvalue weighted by Gasteiger charge is -2.02. The Bertz CT molecular complexity index is 466. The summed E-state index contributed by atoms with van der Waals surface area (Å²) in [7, 11) is 2.06. The molecule has 14 heavy (non-hydrogen) atoms. The van der Waals surface area contributed by atoms with Gasteiger partial charge in [0.2, 0.25) is 0 Å². The largest absolute Gasteiger partial charge is 0.350 e. The summed E-state index contributed by atoms with van der Waals surface area (Å²) >= 11 is 0. The van der Waals surface area contributed by atoms with Crippen LogP contribution in [0.1, 0.15) is 24.1 Å². The third-order valence-electron chi connectivity index (χ3n) is 2.67. The molecule has 0 saturated carbocycles. The van der Waals surface area contributed by atoms with Gasteiger partial charge in [0.15, 0.2) is 0 Å². The molecule has 0 fully saturated rings. The summed E-state index contributed by atoms with van der Waals surface area (Å²) in [6, 6.07) is 6.58. The quantitative estimate of drug-likeness (QED) is 0.732. The highest BCUT2D eigenvalue weighted by atomic mass is 14.9. The van der Waals surface area contributed by atoms with Crippen LogP contribution < -0.4 is 5.73 Å². The van der Waals surface area contributed by atoms with Crippen molar-refractivity contribution in [2.24, 2.45) is 12.8 Å². The van der Waals surface area contributed by atoms with Crippen molar-refractivity contribution in [3.8, 4) is 0 Å². The molecule has 0 spiro atoms. The second-order valence-corrected chi connectivity index (χ2v) is 4.00. The molecule has 1 unspecified atom stereocenters. The topological polar surface area (TPSA) is 30.9 Å². The molecule has 0 radical (unpaired) electrons. The van der Waals surface area contributed by atoms with Gasteiger partial charge in [-0.15, -0.1) is 0 Å². The molecule has 1 aromatic carbocycles. The summed E-state index contributed by atoms with van der Waals surface area (Å²) < 4.78 is 2.13. The molecule has 74 valence electrons. The van der Waals surface area contributed by atoms with Crippen LogP contribution >= 0.6 is 0 Å². The van der Waals surface area contributed by atoms with Gasteiger partial charge in [-0.3, -0.25) is 0 Å². The number of aromatic nitrogens is 1. The molecule has 1 atom stereocenters. The smallest absolute Gasteiger partial charge is 0.0481 e. The number of rotatable bonds is 1. The zero-order valence-electron chi connectivity index (χ0n) is 8.91. The average Bonchev–Trinajstić information content (AvgIpc) is 2.43. The molecule has 0 aliphatic carbocycles. The molecule has 0 saturated heterocycles. The van der Waals surface area contributed by atoms with Crippen molar-refractivity contribution in [2.45, 2.75) is 19.9 Å².